The highest BCUT2D eigenvalue weighted by Crippen LogP contribution is 2.20. The summed E-state index contributed by atoms with van der Waals surface area (Å²) >= 11 is 0. The summed E-state index contributed by atoms with van der Waals surface area (Å²) in [6.45, 7) is 3.83. The Labute approximate surface area is 171 Å². The van der Waals surface area contributed by atoms with E-state index in [1.54, 1.807) is 36.2 Å². The number of likely N-dealkylation sites (N-methyl/N-ethyl adjacent to an activating group) is 1. The largest absolute Gasteiger partial charge is 0.349 e. The van der Waals surface area contributed by atoms with E-state index in [9.17, 15) is 14.0 Å². The second-order valence-electron chi connectivity index (χ2n) is 7.62. The van der Waals surface area contributed by atoms with Gasteiger partial charge in [0.15, 0.2) is 0 Å². The maximum Gasteiger partial charge on any atom is 0.251 e. The summed E-state index contributed by atoms with van der Waals surface area (Å²) in [5, 5.41) is 3.08. The molecular formula is C23H28FN3O2. The predicted molar refractivity (Wildman–Crippen MR) is 111 cm³/mol. The van der Waals surface area contributed by atoms with E-state index in [4.69, 9.17) is 0 Å². The van der Waals surface area contributed by atoms with Gasteiger partial charge in [0.25, 0.3) is 5.91 Å². The topological polar surface area (TPSA) is 52.7 Å². The molecule has 0 saturated carbocycles. The molecule has 1 heterocycles. The fourth-order valence-corrected chi connectivity index (χ4v) is 3.58. The molecule has 154 valence electrons. The SMILES string of the molecule is CC(c1ccc(F)cc1)N(C)C(=O)CN1CCC(NC(=O)c2ccccc2)CC1. The second kappa shape index (κ2) is 9.65. The van der Waals surface area contributed by atoms with Crippen LogP contribution in [0.2, 0.25) is 0 Å². The number of amides is 2. The van der Waals surface area contributed by atoms with Gasteiger partial charge in [-0.2, -0.15) is 0 Å². The lowest BCUT2D eigenvalue weighted by atomic mass is 10.0. The molecule has 0 bridgehead atoms. The van der Waals surface area contributed by atoms with Crippen molar-refractivity contribution < 1.29 is 14.0 Å². The maximum absolute atomic E-state index is 13.1. The third-order valence-electron chi connectivity index (χ3n) is 5.64. The van der Waals surface area contributed by atoms with Crippen molar-refractivity contribution in [3.05, 3.63) is 71.5 Å². The zero-order valence-electron chi connectivity index (χ0n) is 17.0. The van der Waals surface area contributed by atoms with E-state index in [0.29, 0.717) is 12.1 Å². The Bertz CT molecular complexity index is 818. The Morgan fingerprint density at radius 1 is 1.10 bits per heavy atom. The predicted octanol–water partition coefficient (Wildman–Crippen LogP) is 3.24. The molecule has 1 aliphatic rings. The molecule has 2 aromatic carbocycles. The fourth-order valence-electron chi connectivity index (χ4n) is 3.58. The number of carbonyl (C=O) groups excluding carboxylic acids is 2. The van der Waals surface area contributed by atoms with E-state index in [-0.39, 0.29) is 29.7 Å². The monoisotopic (exact) mass is 397 g/mol. The molecule has 5 nitrogen and oxygen atoms in total. The highest BCUT2D eigenvalue weighted by Gasteiger charge is 2.25. The Hall–Kier alpha value is -2.73. The van der Waals surface area contributed by atoms with Crippen LogP contribution in [0.4, 0.5) is 4.39 Å². The third kappa shape index (κ3) is 5.64. The van der Waals surface area contributed by atoms with Crippen molar-refractivity contribution in [2.45, 2.75) is 31.8 Å². The van der Waals surface area contributed by atoms with Crippen LogP contribution in [0.5, 0.6) is 0 Å². The molecule has 0 radical (unpaired) electrons. The molecule has 0 aliphatic carbocycles. The summed E-state index contributed by atoms with van der Waals surface area (Å²) in [5.74, 6) is -0.293. The Morgan fingerprint density at radius 2 is 1.72 bits per heavy atom. The van der Waals surface area contributed by atoms with Crippen LogP contribution >= 0.6 is 0 Å². The van der Waals surface area contributed by atoms with Crippen LogP contribution in [0.3, 0.4) is 0 Å². The number of nitrogens with zero attached hydrogens (tertiary/aromatic N) is 2. The number of carbonyl (C=O) groups is 2. The quantitative estimate of drug-likeness (QED) is 0.814. The number of rotatable bonds is 6. The van der Waals surface area contributed by atoms with Gasteiger partial charge in [0.05, 0.1) is 12.6 Å². The van der Waals surface area contributed by atoms with Crippen molar-refractivity contribution in [1.82, 2.24) is 15.1 Å². The average Bonchev–Trinajstić information content (AvgIpc) is 2.75. The Kier molecular flexibility index (Phi) is 6.99. The molecule has 2 amide bonds. The molecule has 1 unspecified atom stereocenters. The zero-order chi connectivity index (χ0) is 20.8. The number of piperidine rings is 1. The highest BCUT2D eigenvalue weighted by molar-refractivity contribution is 5.94. The standard InChI is InChI=1S/C23H28FN3O2/c1-17(18-8-10-20(24)11-9-18)26(2)22(28)16-27-14-12-21(13-15-27)25-23(29)19-6-4-3-5-7-19/h3-11,17,21H,12-16H2,1-2H3,(H,25,29). The van der Waals surface area contributed by atoms with Crippen molar-refractivity contribution in [3.63, 3.8) is 0 Å². The first-order valence-corrected chi connectivity index (χ1v) is 10.0. The number of likely N-dealkylation sites (tertiary alicyclic amines) is 1. The summed E-state index contributed by atoms with van der Waals surface area (Å²) in [4.78, 5) is 28.8. The number of nitrogens with one attached hydrogen (secondary N) is 1. The van der Waals surface area contributed by atoms with Crippen LogP contribution < -0.4 is 5.32 Å². The lowest BCUT2D eigenvalue weighted by Gasteiger charge is -2.34. The molecule has 1 atom stereocenters. The minimum Gasteiger partial charge on any atom is -0.349 e. The van der Waals surface area contributed by atoms with E-state index in [0.717, 1.165) is 31.5 Å². The van der Waals surface area contributed by atoms with E-state index in [2.05, 4.69) is 10.2 Å². The van der Waals surface area contributed by atoms with E-state index >= 15 is 0 Å². The van der Waals surface area contributed by atoms with E-state index in [1.807, 2.05) is 25.1 Å². The number of benzene rings is 2. The lowest BCUT2D eigenvalue weighted by Crippen LogP contribution is -2.47. The van der Waals surface area contributed by atoms with Crippen LogP contribution in [0.15, 0.2) is 54.6 Å². The molecule has 29 heavy (non-hydrogen) atoms. The van der Waals surface area contributed by atoms with Crippen molar-refractivity contribution in [1.29, 1.82) is 0 Å². The van der Waals surface area contributed by atoms with Crippen LogP contribution in [0.1, 0.15) is 41.7 Å². The minimum absolute atomic E-state index is 0.0357. The summed E-state index contributed by atoms with van der Waals surface area (Å²) in [5.41, 5.74) is 1.58. The van der Waals surface area contributed by atoms with Crippen molar-refractivity contribution in [2.24, 2.45) is 0 Å². The first-order valence-electron chi connectivity index (χ1n) is 10.0. The van der Waals surface area contributed by atoms with Crippen molar-refractivity contribution >= 4 is 11.8 Å². The molecule has 1 saturated heterocycles. The molecule has 1 aliphatic heterocycles. The first-order chi connectivity index (χ1) is 13.9. The number of halogens is 1. The summed E-state index contributed by atoms with van der Waals surface area (Å²) in [7, 11) is 1.78. The molecule has 0 aromatic heterocycles. The Morgan fingerprint density at radius 3 is 2.34 bits per heavy atom. The normalized spacial score (nSPS) is 16.2. The van der Waals surface area contributed by atoms with Gasteiger partial charge in [0, 0.05) is 31.7 Å². The fraction of sp³-hybridized carbons (Fsp3) is 0.391. The maximum atomic E-state index is 13.1. The van der Waals surface area contributed by atoms with E-state index < -0.39 is 0 Å². The minimum atomic E-state index is -0.280. The van der Waals surface area contributed by atoms with Gasteiger partial charge in [-0.15, -0.1) is 0 Å². The highest BCUT2D eigenvalue weighted by atomic mass is 19.1. The molecule has 3 rings (SSSR count). The zero-order valence-corrected chi connectivity index (χ0v) is 17.0. The summed E-state index contributed by atoms with van der Waals surface area (Å²) in [6, 6.07) is 15.5. The second-order valence-corrected chi connectivity index (χ2v) is 7.62. The summed E-state index contributed by atoms with van der Waals surface area (Å²) in [6.07, 6.45) is 1.65. The van der Waals surface area contributed by atoms with E-state index in [1.165, 1.54) is 12.1 Å². The van der Waals surface area contributed by atoms with Crippen LogP contribution in [0, 0.1) is 5.82 Å². The van der Waals surface area contributed by atoms with Gasteiger partial charge in [-0.05, 0) is 49.6 Å². The molecule has 6 heteroatoms. The van der Waals surface area contributed by atoms with Crippen LogP contribution in [-0.2, 0) is 4.79 Å². The first kappa shape index (κ1) is 21.0. The molecule has 0 spiro atoms. The van der Waals surface area contributed by atoms with Gasteiger partial charge in [-0.1, -0.05) is 30.3 Å². The molecule has 1 fully saturated rings. The van der Waals surface area contributed by atoms with Crippen molar-refractivity contribution in [3.8, 4) is 0 Å². The van der Waals surface area contributed by atoms with Gasteiger partial charge in [0.1, 0.15) is 5.82 Å². The van der Waals surface area contributed by atoms with Gasteiger partial charge in [-0.3, -0.25) is 14.5 Å². The lowest BCUT2D eigenvalue weighted by molar-refractivity contribution is -0.133. The summed E-state index contributed by atoms with van der Waals surface area (Å²) < 4.78 is 13.1. The smallest absolute Gasteiger partial charge is 0.251 e. The molecular weight excluding hydrogens is 369 g/mol. The Balaban J connectivity index is 1.45. The number of hydrogen-bond donors (Lipinski definition) is 1. The van der Waals surface area contributed by atoms with Gasteiger partial charge in [-0.25, -0.2) is 4.39 Å². The van der Waals surface area contributed by atoms with Crippen LogP contribution in [0.25, 0.3) is 0 Å². The van der Waals surface area contributed by atoms with Gasteiger partial charge >= 0.3 is 0 Å². The third-order valence-corrected chi connectivity index (χ3v) is 5.64. The van der Waals surface area contributed by atoms with Crippen molar-refractivity contribution in [2.75, 3.05) is 26.7 Å². The van der Waals surface area contributed by atoms with Crippen LogP contribution in [-0.4, -0.2) is 54.3 Å². The average molecular weight is 397 g/mol. The van der Waals surface area contributed by atoms with Gasteiger partial charge in [0.2, 0.25) is 5.91 Å². The number of hydrogen-bond acceptors (Lipinski definition) is 3. The molecule has 1 N–H and O–H groups in total. The van der Waals surface area contributed by atoms with Gasteiger partial charge < -0.3 is 10.2 Å². The molecule has 2 aromatic rings.